The molecule has 0 aromatic heterocycles. The van der Waals surface area contributed by atoms with E-state index in [1.165, 1.54) is 5.56 Å². The van der Waals surface area contributed by atoms with Gasteiger partial charge >= 0.3 is 0 Å². The van der Waals surface area contributed by atoms with Gasteiger partial charge in [0.15, 0.2) is 0 Å². The SMILES string of the molecule is CC(CO)OC[C@@H](Cc1ccc(O)cc1)NC(O)CCc1ccccc1. The Morgan fingerprint density at radius 1 is 1.00 bits per heavy atom. The Kier molecular flexibility index (Phi) is 8.58. The van der Waals surface area contributed by atoms with E-state index in [1.807, 2.05) is 49.4 Å². The maximum Gasteiger partial charge on any atom is 0.115 e. The molecule has 0 heterocycles. The minimum atomic E-state index is -0.648. The zero-order chi connectivity index (χ0) is 18.8. The third-order valence-electron chi connectivity index (χ3n) is 4.23. The maximum atomic E-state index is 10.4. The van der Waals surface area contributed by atoms with E-state index in [-0.39, 0.29) is 24.5 Å². The van der Waals surface area contributed by atoms with E-state index in [9.17, 15) is 10.2 Å². The van der Waals surface area contributed by atoms with E-state index in [0.717, 1.165) is 12.0 Å². The Labute approximate surface area is 155 Å². The first kappa shape index (κ1) is 20.4. The molecule has 0 aliphatic heterocycles. The van der Waals surface area contributed by atoms with Crippen LogP contribution in [-0.2, 0) is 17.6 Å². The van der Waals surface area contributed by atoms with Crippen molar-refractivity contribution < 1.29 is 20.1 Å². The van der Waals surface area contributed by atoms with Gasteiger partial charge in [-0.15, -0.1) is 0 Å². The minimum absolute atomic E-state index is 0.0392. The second-order valence-electron chi connectivity index (χ2n) is 6.60. The number of phenolic OH excluding ortho intramolecular Hbond substituents is 1. The molecule has 5 heteroatoms. The number of aliphatic hydroxyl groups is 2. The Bertz CT molecular complexity index is 618. The molecule has 3 atom stereocenters. The molecule has 0 radical (unpaired) electrons. The summed E-state index contributed by atoms with van der Waals surface area (Å²) in [5, 5.41) is 32.1. The lowest BCUT2D eigenvalue weighted by Gasteiger charge is -2.24. The summed E-state index contributed by atoms with van der Waals surface area (Å²) in [6.45, 7) is 2.15. The highest BCUT2D eigenvalue weighted by atomic mass is 16.5. The van der Waals surface area contributed by atoms with Crippen LogP contribution in [0.4, 0.5) is 0 Å². The van der Waals surface area contributed by atoms with E-state index in [1.54, 1.807) is 12.1 Å². The summed E-state index contributed by atoms with van der Waals surface area (Å²) in [7, 11) is 0. The van der Waals surface area contributed by atoms with Crippen LogP contribution in [-0.4, -0.2) is 46.9 Å². The van der Waals surface area contributed by atoms with Crippen molar-refractivity contribution in [3.05, 3.63) is 65.7 Å². The quantitative estimate of drug-likeness (QED) is 0.463. The van der Waals surface area contributed by atoms with Gasteiger partial charge in [0.1, 0.15) is 12.0 Å². The second-order valence-corrected chi connectivity index (χ2v) is 6.60. The number of hydrogen-bond donors (Lipinski definition) is 4. The van der Waals surface area contributed by atoms with Crippen molar-refractivity contribution in [3.63, 3.8) is 0 Å². The Hall–Kier alpha value is -1.92. The second kappa shape index (κ2) is 10.9. The molecule has 2 rings (SSSR count). The minimum Gasteiger partial charge on any atom is -0.508 e. The van der Waals surface area contributed by atoms with Crippen molar-refractivity contribution in [2.45, 2.75) is 44.6 Å². The molecule has 2 aromatic rings. The lowest BCUT2D eigenvalue weighted by molar-refractivity contribution is 0.00243. The van der Waals surface area contributed by atoms with Gasteiger partial charge in [0.2, 0.25) is 0 Å². The summed E-state index contributed by atoms with van der Waals surface area (Å²) in [5.41, 5.74) is 2.23. The summed E-state index contributed by atoms with van der Waals surface area (Å²) in [4.78, 5) is 0. The molecule has 0 bridgehead atoms. The van der Waals surface area contributed by atoms with Crippen molar-refractivity contribution in [2.75, 3.05) is 13.2 Å². The van der Waals surface area contributed by atoms with Crippen molar-refractivity contribution in [3.8, 4) is 5.75 Å². The number of ether oxygens (including phenoxy) is 1. The van der Waals surface area contributed by atoms with Crippen LogP contribution in [0.1, 0.15) is 24.5 Å². The predicted octanol–water partition coefficient (Wildman–Crippen LogP) is 2.24. The van der Waals surface area contributed by atoms with Crippen molar-refractivity contribution >= 4 is 0 Å². The molecule has 26 heavy (non-hydrogen) atoms. The molecule has 5 nitrogen and oxygen atoms in total. The van der Waals surface area contributed by atoms with Gasteiger partial charge in [0.25, 0.3) is 0 Å². The molecule has 4 N–H and O–H groups in total. The van der Waals surface area contributed by atoms with Crippen LogP contribution in [0.3, 0.4) is 0 Å². The molecule has 2 aromatic carbocycles. The molecule has 0 spiro atoms. The topological polar surface area (TPSA) is 82.0 Å². The van der Waals surface area contributed by atoms with Gasteiger partial charge in [0.05, 0.1) is 19.3 Å². The van der Waals surface area contributed by atoms with Gasteiger partial charge in [0, 0.05) is 6.04 Å². The first-order valence-corrected chi connectivity index (χ1v) is 9.05. The van der Waals surface area contributed by atoms with Crippen LogP contribution in [0.2, 0.25) is 0 Å². The van der Waals surface area contributed by atoms with Crippen molar-refractivity contribution in [1.29, 1.82) is 0 Å². The summed E-state index contributed by atoms with van der Waals surface area (Å²) >= 11 is 0. The van der Waals surface area contributed by atoms with Crippen LogP contribution in [0.25, 0.3) is 0 Å². The van der Waals surface area contributed by atoms with Gasteiger partial charge in [-0.3, -0.25) is 5.32 Å². The first-order chi connectivity index (χ1) is 12.6. The highest BCUT2D eigenvalue weighted by molar-refractivity contribution is 5.26. The van der Waals surface area contributed by atoms with Crippen LogP contribution in [0.5, 0.6) is 5.75 Å². The Morgan fingerprint density at radius 3 is 2.35 bits per heavy atom. The zero-order valence-corrected chi connectivity index (χ0v) is 15.2. The summed E-state index contributed by atoms with van der Waals surface area (Å²) < 4.78 is 5.64. The standard InChI is InChI=1S/C21H29NO4/c1-16(14-23)26-15-19(13-18-7-10-20(24)11-8-18)22-21(25)12-9-17-5-3-2-4-6-17/h2-8,10-11,16,19,21-25H,9,12-15H2,1H3/t16?,19-,21?/m1/s1. The predicted molar refractivity (Wildman–Crippen MR) is 102 cm³/mol. The first-order valence-electron chi connectivity index (χ1n) is 9.05. The highest BCUT2D eigenvalue weighted by Crippen LogP contribution is 2.13. The average molecular weight is 359 g/mol. The number of benzene rings is 2. The highest BCUT2D eigenvalue weighted by Gasteiger charge is 2.16. The van der Waals surface area contributed by atoms with E-state index in [2.05, 4.69) is 5.32 Å². The van der Waals surface area contributed by atoms with E-state index < -0.39 is 6.23 Å². The largest absolute Gasteiger partial charge is 0.508 e. The third-order valence-corrected chi connectivity index (χ3v) is 4.23. The number of aryl methyl sites for hydroxylation is 1. The number of rotatable bonds is 11. The van der Waals surface area contributed by atoms with Gasteiger partial charge in [-0.25, -0.2) is 0 Å². The Balaban J connectivity index is 1.89. The third kappa shape index (κ3) is 7.54. The molecule has 0 aliphatic carbocycles. The maximum absolute atomic E-state index is 10.4. The fourth-order valence-corrected chi connectivity index (χ4v) is 2.72. The van der Waals surface area contributed by atoms with Crippen LogP contribution < -0.4 is 5.32 Å². The van der Waals surface area contributed by atoms with Gasteiger partial charge < -0.3 is 20.1 Å². The summed E-state index contributed by atoms with van der Waals surface area (Å²) in [6, 6.07) is 17.0. The van der Waals surface area contributed by atoms with Gasteiger partial charge in [-0.05, 0) is 49.4 Å². The van der Waals surface area contributed by atoms with Crippen LogP contribution >= 0.6 is 0 Å². The number of aliphatic hydroxyl groups excluding tert-OH is 2. The molecular weight excluding hydrogens is 330 g/mol. The van der Waals surface area contributed by atoms with Crippen molar-refractivity contribution in [2.24, 2.45) is 0 Å². The van der Waals surface area contributed by atoms with E-state index in [0.29, 0.717) is 19.4 Å². The van der Waals surface area contributed by atoms with Gasteiger partial charge in [-0.2, -0.15) is 0 Å². The molecule has 0 fully saturated rings. The van der Waals surface area contributed by atoms with Crippen molar-refractivity contribution in [1.82, 2.24) is 5.32 Å². The van der Waals surface area contributed by atoms with E-state index in [4.69, 9.17) is 9.84 Å². The molecule has 0 saturated heterocycles. The Morgan fingerprint density at radius 2 is 1.69 bits per heavy atom. The number of phenols is 1. The van der Waals surface area contributed by atoms with E-state index >= 15 is 0 Å². The lowest BCUT2D eigenvalue weighted by atomic mass is 10.0. The normalized spacial score (nSPS) is 14.7. The number of hydrogen-bond acceptors (Lipinski definition) is 5. The summed E-state index contributed by atoms with van der Waals surface area (Å²) in [5.74, 6) is 0.228. The molecule has 0 amide bonds. The lowest BCUT2D eigenvalue weighted by Crippen LogP contribution is -2.43. The smallest absolute Gasteiger partial charge is 0.115 e. The molecule has 0 saturated carbocycles. The average Bonchev–Trinajstić information content (AvgIpc) is 2.66. The number of aromatic hydroxyl groups is 1. The summed E-state index contributed by atoms with van der Waals surface area (Å²) in [6.07, 6.45) is 1.15. The molecule has 2 unspecified atom stereocenters. The fourth-order valence-electron chi connectivity index (χ4n) is 2.72. The number of nitrogens with one attached hydrogen (secondary N) is 1. The fraction of sp³-hybridized carbons (Fsp3) is 0.429. The zero-order valence-electron chi connectivity index (χ0n) is 15.2. The monoisotopic (exact) mass is 359 g/mol. The molecule has 0 aliphatic rings. The van der Waals surface area contributed by atoms with Crippen LogP contribution in [0, 0.1) is 0 Å². The molecule has 142 valence electrons. The molecular formula is C21H29NO4. The van der Waals surface area contributed by atoms with Gasteiger partial charge in [-0.1, -0.05) is 42.5 Å². The van der Waals surface area contributed by atoms with Crippen LogP contribution in [0.15, 0.2) is 54.6 Å².